The molecule has 2 N–H and O–H groups in total. The molecule has 0 saturated heterocycles. The Morgan fingerprint density at radius 2 is 1.78 bits per heavy atom. The Balaban J connectivity index is 1.37. The van der Waals surface area contributed by atoms with Crippen molar-refractivity contribution in [1.82, 2.24) is 24.8 Å². The number of nitrogens with zero attached hydrogens (tertiary/aromatic N) is 4. The van der Waals surface area contributed by atoms with E-state index < -0.39 is 15.4 Å². The van der Waals surface area contributed by atoms with Crippen molar-refractivity contribution in [3.8, 4) is 22.3 Å². The molecule has 10 heteroatoms. The molecule has 0 radical (unpaired) electrons. The van der Waals surface area contributed by atoms with Crippen molar-refractivity contribution in [1.29, 1.82) is 0 Å². The third-order valence-electron chi connectivity index (χ3n) is 8.53. The molecule has 3 aromatic carbocycles. The number of benzene rings is 3. The van der Waals surface area contributed by atoms with Gasteiger partial charge in [-0.1, -0.05) is 30.3 Å². The smallest absolute Gasteiger partial charge is 0.253 e. The molecule has 6 rings (SSSR count). The van der Waals surface area contributed by atoms with Gasteiger partial charge in [0.15, 0.2) is 10.7 Å². The van der Waals surface area contributed by atoms with Gasteiger partial charge in [-0.25, -0.2) is 18.4 Å². The van der Waals surface area contributed by atoms with E-state index in [9.17, 15) is 18.3 Å². The average Bonchev–Trinajstić information content (AvgIpc) is 3.43. The van der Waals surface area contributed by atoms with Gasteiger partial charge in [0, 0.05) is 49.6 Å². The largest absolute Gasteiger partial charge is 0.389 e. The second kappa shape index (κ2) is 11.8. The normalized spacial score (nSPS) is 14.0. The Hall–Kier alpha value is -4.38. The summed E-state index contributed by atoms with van der Waals surface area (Å²) >= 11 is 0. The van der Waals surface area contributed by atoms with E-state index in [0.717, 1.165) is 36.2 Å². The predicted molar refractivity (Wildman–Crippen MR) is 179 cm³/mol. The van der Waals surface area contributed by atoms with E-state index in [4.69, 9.17) is 0 Å². The zero-order valence-electron chi connectivity index (χ0n) is 27.0. The van der Waals surface area contributed by atoms with Crippen LogP contribution in [0.5, 0.6) is 0 Å². The van der Waals surface area contributed by atoms with Crippen LogP contribution >= 0.6 is 0 Å². The van der Waals surface area contributed by atoms with Gasteiger partial charge in [0.25, 0.3) is 5.91 Å². The van der Waals surface area contributed by atoms with Crippen LogP contribution in [-0.4, -0.2) is 77.0 Å². The number of hydrogen-bond donors (Lipinski definition) is 2. The lowest BCUT2D eigenvalue weighted by atomic mass is 9.90. The third-order valence-corrected chi connectivity index (χ3v) is 10.2. The molecule has 0 fully saturated rings. The number of aliphatic hydroxyl groups is 1. The highest BCUT2D eigenvalue weighted by molar-refractivity contribution is 7.91. The second-order valence-corrected chi connectivity index (χ2v) is 14.9. The number of carbonyl (C=O) groups excluding carboxylic acids is 1. The molecular formula is C36H39N5O4S. The topological polar surface area (TPSA) is 119 Å². The van der Waals surface area contributed by atoms with Crippen LogP contribution in [0.4, 0.5) is 0 Å². The van der Waals surface area contributed by atoms with Crippen LogP contribution in [0.15, 0.2) is 76.9 Å². The van der Waals surface area contributed by atoms with Crippen LogP contribution in [0, 0.1) is 13.8 Å². The van der Waals surface area contributed by atoms with Gasteiger partial charge in [-0.05, 0) is 98.8 Å². The van der Waals surface area contributed by atoms with Crippen molar-refractivity contribution in [2.75, 3.05) is 27.2 Å². The van der Waals surface area contributed by atoms with E-state index in [1.807, 2.05) is 19.1 Å². The molecule has 1 aliphatic heterocycles. The first-order valence-electron chi connectivity index (χ1n) is 15.3. The van der Waals surface area contributed by atoms with E-state index in [0.29, 0.717) is 27.9 Å². The maximum Gasteiger partial charge on any atom is 0.253 e. The summed E-state index contributed by atoms with van der Waals surface area (Å²) in [5.74, 6) is -0.212. The molecule has 1 amide bonds. The monoisotopic (exact) mass is 637 g/mol. The summed E-state index contributed by atoms with van der Waals surface area (Å²) in [6.07, 6.45) is 4.02. The van der Waals surface area contributed by atoms with Gasteiger partial charge < -0.3 is 19.9 Å². The quantitative estimate of drug-likeness (QED) is 0.239. The lowest BCUT2D eigenvalue weighted by molar-refractivity contribution is 0.0368. The molecule has 46 heavy (non-hydrogen) atoms. The summed E-state index contributed by atoms with van der Waals surface area (Å²) < 4.78 is 28.6. The number of nitrogens with one attached hydrogen (secondary N) is 1. The van der Waals surface area contributed by atoms with E-state index >= 15 is 0 Å². The summed E-state index contributed by atoms with van der Waals surface area (Å²) in [5, 5.41) is 9.96. The summed E-state index contributed by atoms with van der Waals surface area (Å²) in [5.41, 5.74) is 7.82. The van der Waals surface area contributed by atoms with Crippen LogP contribution in [0.1, 0.15) is 46.5 Å². The zero-order chi connectivity index (χ0) is 33.0. The lowest BCUT2D eigenvalue weighted by Crippen LogP contribution is -2.39. The van der Waals surface area contributed by atoms with Crippen LogP contribution < -0.4 is 0 Å². The molecule has 0 atom stereocenters. The number of likely N-dealkylation sites (N-methyl/N-ethyl adjacent to an activating group) is 2. The maximum atomic E-state index is 14.3. The van der Waals surface area contributed by atoms with E-state index in [1.54, 1.807) is 57.4 Å². The van der Waals surface area contributed by atoms with Crippen molar-refractivity contribution in [2.45, 2.75) is 56.2 Å². The molecule has 5 aromatic rings. The Morgan fingerprint density at radius 1 is 1.04 bits per heavy atom. The molecule has 0 saturated carbocycles. The van der Waals surface area contributed by atoms with E-state index in [2.05, 4.69) is 46.0 Å². The van der Waals surface area contributed by atoms with Gasteiger partial charge in [0.05, 0.1) is 16.7 Å². The Bertz CT molecular complexity index is 2080. The zero-order valence-corrected chi connectivity index (χ0v) is 27.9. The molecule has 0 aliphatic carbocycles. The van der Waals surface area contributed by atoms with Gasteiger partial charge >= 0.3 is 0 Å². The fourth-order valence-electron chi connectivity index (χ4n) is 6.31. The van der Waals surface area contributed by atoms with Gasteiger partial charge in [-0.15, -0.1) is 0 Å². The van der Waals surface area contributed by atoms with Crippen LogP contribution in [0.3, 0.4) is 0 Å². The molecular weight excluding hydrogens is 598 g/mol. The first kappa shape index (κ1) is 31.6. The Morgan fingerprint density at radius 3 is 2.50 bits per heavy atom. The molecule has 0 bridgehead atoms. The van der Waals surface area contributed by atoms with Gasteiger partial charge in [0.2, 0.25) is 9.84 Å². The van der Waals surface area contributed by atoms with Crippen molar-refractivity contribution in [3.63, 3.8) is 0 Å². The SMILES string of the molecule is Cc1ccc(-c2cc(C)c3c(c2)CN(C)CC3)c(S(=O)(=O)c2cnc3[nH]cc(-c4ccc(C(=O)N(C)CC(C)(C)O)cc4)c3n2)c1. The maximum absolute atomic E-state index is 14.3. The molecule has 3 heterocycles. The lowest BCUT2D eigenvalue weighted by Gasteiger charge is -2.27. The Kier molecular flexibility index (Phi) is 8.08. The second-order valence-electron chi connectivity index (χ2n) is 13.1. The highest BCUT2D eigenvalue weighted by Gasteiger charge is 2.27. The van der Waals surface area contributed by atoms with Crippen LogP contribution in [0.25, 0.3) is 33.4 Å². The standard InChI is InChI=1S/C36H39N5O4S/c1-22-7-12-29(26-16-23(2)28-13-14-40(5)20-27(28)17-26)31(15-22)46(44,45)32-19-38-34-33(39-32)30(18-37-34)24-8-10-25(11-9-24)35(42)41(6)21-36(3,4)43/h7-12,15-19,43H,13-14,20-21H2,1-6H3,(H,37,38). The van der Waals surface area contributed by atoms with Crippen LogP contribution in [-0.2, 0) is 22.8 Å². The number of aromatic amines is 1. The fourth-order valence-corrected chi connectivity index (χ4v) is 7.75. The molecule has 238 valence electrons. The van der Waals surface area contributed by atoms with Gasteiger partial charge in [0.1, 0.15) is 5.52 Å². The molecule has 0 unspecified atom stereocenters. The number of fused-ring (bicyclic) bond motifs is 2. The number of hydrogen-bond acceptors (Lipinski definition) is 7. The highest BCUT2D eigenvalue weighted by atomic mass is 32.2. The average molecular weight is 638 g/mol. The van der Waals surface area contributed by atoms with Crippen LogP contribution in [0.2, 0.25) is 0 Å². The van der Waals surface area contributed by atoms with Gasteiger partial charge in [-0.2, -0.15) is 0 Å². The minimum Gasteiger partial charge on any atom is -0.389 e. The fraction of sp³-hybridized carbons (Fsp3) is 0.306. The number of carbonyl (C=O) groups is 1. The minimum atomic E-state index is -4.06. The minimum absolute atomic E-state index is 0.137. The Labute approximate surface area is 269 Å². The summed E-state index contributed by atoms with van der Waals surface area (Å²) in [6, 6.07) is 16.8. The van der Waals surface area contributed by atoms with Crippen molar-refractivity contribution in [2.24, 2.45) is 0 Å². The predicted octanol–water partition coefficient (Wildman–Crippen LogP) is 5.57. The summed E-state index contributed by atoms with van der Waals surface area (Å²) in [7, 11) is -0.315. The molecule has 2 aromatic heterocycles. The molecule has 9 nitrogen and oxygen atoms in total. The molecule has 1 aliphatic rings. The number of aryl methyl sites for hydroxylation is 2. The van der Waals surface area contributed by atoms with Crippen molar-refractivity contribution < 1.29 is 18.3 Å². The number of amides is 1. The van der Waals surface area contributed by atoms with Gasteiger partial charge in [-0.3, -0.25) is 4.79 Å². The first-order chi connectivity index (χ1) is 21.7. The number of sulfone groups is 1. The number of rotatable bonds is 7. The third kappa shape index (κ3) is 6.08. The summed E-state index contributed by atoms with van der Waals surface area (Å²) in [6.45, 7) is 9.30. The number of aromatic nitrogens is 3. The number of H-pyrrole nitrogens is 1. The van der Waals surface area contributed by atoms with E-state index in [1.165, 1.54) is 27.8 Å². The van der Waals surface area contributed by atoms with Crippen molar-refractivity contribution >= 4 is 26.9 Å². The molecule has 0 spiro atoms. The summed E-state index contributed by atoms with van der Waals surface area (Å²) in [4.78, 5) is 29.0. The van der Waals surface area contributed by atoms with E-state index in [-0.39, 0.29) is 22.4 Å². The van der Waals surface area contributed by atoms with Crippen molar-refractivity contribution in [3.05, 3.63) is 94.8 Å². The first-order valence-corrected chi connectivity index (χ1v) is 16.8. The highest BCUT2D eigenvalue weighted by Crippen LogP contribution is 2.36.